The van der Waals surface area contributed by atoms with Crippen molar-refractivity contribution in [2.75, 3.05) is 27.4 Å². The van der Waals surface area contributed by atoms with Crippen LogP contribution in [0.1, 0.15) is 30.4 Å². The van der Waals surface area contributed by atoms with Crippen LogP contribution in [0.3, 0.4) is 0 Å². The Balaban J connectivity index is 1.73. The number of benzene rings is 2. The second-order valence-corrected chi connectivity index (χ2v) is 7.46. The van der Waals surface area contributed by atoms with Crippen molar-refractivity contribution in [3.8, 4) is 23.0 Å². The number of nitrogens with zero attached hydrogens (tertiary/aromatic N) is 2. The summed E-state index contributed by atoms with van der Waals surface area (Å²) in [6.45, 7) is 7.94. The van der Waals surface area contributed by atoms with E-state index in [2.05, 4.69) is 34.2 Å². The van der Waals surface area contributed by atoms with E-state index >= 15 is 0 Å². The van der Waals surface area contributed by atoms with E-state index in [-0.39, 0.29) is 24.7 Å². The van der Waals surface area contributed by atoms with Gasteiger partial charge in [-0.2, -0.15) is 10.2 Å². The van der Waals surface area contributed by atoms with Crippen molar-refractivity contribution in [1.29, 1.82) is 0 Å². The van der Waals surface area contributed by atoms with Crippen LogP contribution in [-0.2, 0) is 9.59 Å². The summed E-state index contributed by atoms with van der Waals surface area (Å²) in [4.78, 5) is 24.0. The molecule has 37 heavy (non-hydrogen) atoms. The van der Waals surface area contributed by atoms with Gasteiger partial charge in [0.1, 0.15) is 13.2 Å². The number of methoxy groups -OCH3 is 2. The van der Waals surface area contributed by atoms with Gasteiger partial charge in [-0.05, 0) is 53.9 Å². The fourth-order valence-electron chi connectivity index (χ4n) is 2.94. The second kappa shape index (κ2) is 16.1. The van der Waals surface area contributed by atoms with Crippen molar-refractivity contribution in [3.63, 3.8) is 0 Å². The van der Waals surface area contributed by atoms with E-state index in [1.165, 1.54) is 26.6 Å². The largest absolute Gasteiger partial charge is 0.493 e. The van der Waals surface area contributed by atoms with E-state index in [0.29, 0.717) is 42.6 Å². The summed E-state index contributed by atoms with van der Waals surface area (Å²) < 4.78 is 21.6. The van der Waals surface area contributed by atoms with Gasteiger partial charge in [0.05, 0.1) is 26.6 Å². The van der Waals surface area contributed by atoms with Gasteiger partial charge in [0, 0.05) is 12.8 Å². The van der Waals surface area contributed by atoms with Gasteiger partial charge in [-0.3, -0.25) is 9.59 Å². The number of amides is 2. The molecule has 0 atom stereocenters. The molecule has 0 radical (unpaired) electrons. The number of rotatable bonds is 16. The summed E-state index contributed by atoms with van der Waals surface area (Å²) in [7, 11) is 3.07. The molecule has 2 amide bonds. The SMILES string of the molecule is C=CCOc1ccc(/C=N/NC(=O)CCCC(=O)N/N=C/c2ccc(OCC=C)c(OC)c2)cc1OC. The standard InChI is InChI=1S/C27H32N4O6/c1-5-14-36-22-12-10-20(16-24(22)34-3)18-28-30-26(32)8-7-9-27(33)31-29-19-21-11-13-23(37-15-6-2)25(17-21)35-4/h5-6,10-13,16-19H,1-2,7-9,14-15H2,3-4H3,(H,30,32)(H,31,33)/b28-18+,29-19+. The summed E-state index contributed by atoms with van der Waals surface area (Å²) in [5.41, 5.74) is 6.32. The third-order valence-corrected chi connectivity index (χ3v) is 4.70. The lowest BCUT2D eigenvalue weighted by atomic mass is 10.2. The summed E-state index contributed by atoms with van der Waals surface area (Å²) in [5, 5.41) is 7.88. The van der Waals surface area contributed by atoms with E-state index in [1.807, 2.05) is 0 Å². The number of hydrazone groups is 2. The molecule has 2 rings (SSSR count). The van der Waals surface area contributed by atoms with E-state index < -0.39 is 0 Å². The first kappa shape index (κ1) is 28.6. The summed E-state index contributed by atoms with van der Waals surface area (Å²) >= 11 is 0. The molecule has 0 aliphatic carbocycles. The minimum Gasteiger partial charge on any atom is -0.493 e. The first-order valence-electron chi connectivity index (χ1n) is 11.5. The minimum absolute atomic E-state index is 0.134. The Labute approximate surface area is 216 Å². The molecule has 0 aliphatic heterocycles. The lowest BCUT2D eigenvalue weighted by Gasteiger charge is -2.09. The van der Waals surface area contributed by atoms with Crippen LogP contribution in [0.15, 0.2) is 71.9 Å². The van der Waals surface area contributed by atoms with Crippen LogP contribution >= 0.6 is 0 Å². The van der Waals surface area contributed by atoms with Crippen LogP contribution in [-0.4, -0.2) is 51.7 Å². The number of hydrogen-bond acceptors (Lipinski definition) is 8. The Kier molecular flexibility index (Phi) is 12.5. The Hall–Kier alpha value is -4.60. The Morgan fingerprint density at radius 1 is 0.757 bits per heavy atom. The highest BCUT2D eigenvalue weighted by atomic mass is 16.5. The van der Waals surface area contributed by atoms with Gasteiger partial charge in [-0.25, -0.2) is 10.9 Å². The highest BCUT2D eigenvalue weighted by Gasteiger charge is 2.07. The minimum atomic E-state index is -0.309. The van der Waals surface area contributed by atoms with Crippen LogP contribution < -0.4 is 29.8 Å². The zero-order valence-electron chi connectivity index (χ0n) is 21.1. The number of nitrogens with one attached hydrogen (secondary N) is 2. The van der Waals surface area contributed by atoms with Crippen LogP contribution in [0.2, 0.25) is 0 Å². The topological polar surface area (TPSA) is 120 Å². The molecule has 0 bridgehead atoms. The summed E-state index contributed by atoms with van der Waals surface area (Å²) in [6.07, 6.45) is 6.88. The third kappa shape index (κ3) is 10.3. The van der Waals surface area contributed by atoms with Gasteiger partial charge in [0.25, 0.3) is 0 Å². The molecule has 0 heterocycles. The first-order chi connectivity index (χ1) is 18.0. The molecule has 0 fully saturated rings. The maximum Gasteiger partial charge on any atom is 0.240 e. The lowest BCUT2D eigenvalue weighted by molar-refractivity contribution is -0.122. The quantitative estimate of drug-likeness (QED) is 0.203. The van der Waals surface area contributed by atoms with E-state index in [4.69, 9.17) is 18.9 Å². The van der Waals surface area contributed by atoms with Gasteiger partial charge in [-0.1, -0.05) is 25.3 Å². The molecule has 0 saturated heterocycles. The average Bonchev–Trinajstić information content (AvgIpc) is 2.91. The molecule has 2 aromatic carbocycles. The Morgan fingerprint density at radius 3 is 1.57 bits per heavy atom. The highest BCUT2D eigenvalue weighted by molar-refractivity contribution is 5.84. The molecular formula is C27H32N4O6. The molecular weight excluding hydrogens is 476 g/mol. The fraction of sp³-hybridized carbons (Fsp3) is 0.259. The average molecular weight is 509 g/mol. The molecule has 0 unspecified atom stereocenters. The van der Waals surface area contributed by atoms with Gasteiger partial charge in [0.2, 0.25) is 11.8 Å². The number of ether oxygens (including phenoxy) is 4. The molecule has 196 valence electrons. The van der Waals surface area contributed by atoms with Crippen molar-refractivity contribution >= 4 is 24.2 Å². The molecule has 2 aromatic rings. The molecule has 0 saturated carbocycles. The molecule has 0 aromatic heterocycles. The Bertz CT molecular complexity index is 1040. The lowest BCUT2D eigenvalue weighted by Crippen LogP contribution is -2.20. The van der Waals surface area contributed by atoms with Crippen molar-refractivity contribution < 1.29 is 28.5 Å². The molecule has 10 heteroatoms. The number of hydrogen-bond donors (Lipinski definition) is 2. The van der Waals surface area contributed by atoms with Gasteiger partial charge >= 0.3 is 0 Å². The summed E-state index contributed by atoms with van der Waals surface area (Å²) in [5.74, 6) is 1.63. The smallest absolute Gasteiger partial charge is 0.240 e. The van der Waals surface area contributed by atoms with Crippen LogP contribution in [0.25, 0.3) is 0 Å². The molecule has 10 nitrogen and oxygen atoms in total. The first-order valence-corrected chi connectivity index (χ1v) is 11.5. The van der Waals surface area contributed by atoms with Crippen molar-refractivity contribution in [2.24, 2.45) is 10.2 Å². The number of carbonyl (C=O) groups excluding carboxylic acids is 2. The van der Waals surface area contributed by atoms with Crippen molar-refractivity contribution in [2.45, 2.75) is 19.3 Å². The molecule has 0 aliphatic rings. The normalized spacial score (nSPS) is 10.6. The van der Waals surface area contributed by atoms with Crippen LogP contribution in [0.4, 0.5) is 0 Å². The molecule has 2 N–H and O–H groups in total. The zero-order chi connectivity index (χ0) is 26.9. The fourth-order valence-corrected chi connectivity index (χ4v) is 2.94. The maximum atomic E-state index is 12.0. The monoisotopic (exact) mass is 508 g/mol. The van der Waals surface area contributed by atoms with Crippen LogP contribution in [0.5, 0.6) is 23.0 Å². The predicted molar refractivity (Wildman–Crippen MR) is 143 cm³/mol. The number of carbonyl (C=O) groups is 2. The molecule has 0 spiro atoms. The van der Waals surface area contributed by atoms with Gasteiger partial charge in [0.15, 0.2) is 23.0 Å². The highest BCUT2D eigenvalue weighted by Crippen LogP contribution is 2.28. The zero-order valence-corrected chi connectivity index (χ0v) is 21.1. The van der Waals surface area contributed by atoms with Gasteiger partial charge < -0.3 is 18.9 Å². The van der Waals surface area contributed by atoms with Crippen molar-refractivity contribution in [1.82, 2.24) is 10.9 Å². The third-order valence-electron chi connectivity index (χ3n) is 4.70. The van der Waals surface area contributed by atoms with E-state index in [0.717, 1.165) is 11.1 Å². The predicted octanol–water partition coefficient (Wildman–Crippen LogP) is 3.60. The Morgan fingerprint density at radius 2 is 1.19 bits per heavy atom. The van der Waals surface area contributed by atoms with E-state index in [1.54, 1.807) is 48.6 Å². The van der Waals surface area contributed by atoms with E-state index in [9.17, 15) is 9.59 Å². The van der Waals surface area contributed by atoms with Crippen LogP contribution in [0, 0.1) is 0 Å². The summed E-state index contributed by atoms with van der Waals surface area (Å²) in [6, 6.07) is 10.5. The second-order valence-electron chi connectivity index (χ2n) is 7.46. The van der Waals surface area contributed by atoms with Gasteiger partial charge in [-0.15, -0.1) is 0 Å². The van der Waals surface area contributed by atoms with Crippen molar-refractivity contribution in [3.05, 3.63) is 72.8 Å². The maximum absolute atomic E-state index is 12.0.